The van der Waals surface area contributed by atoms with E-state index in [2.05, 4.69) is 15.9 Å². The van der Waals surface area contributed by atoms with Crippen LogP contribution in [0.15, 0.2) is 46.9 Å². The van der Waals surface area contributed by atoms with Crippen molar-refractivity contribution in [3.05, 3.63) is 58.1 Å². The number of hydrogen-bond acceptors (Lipinski definition) is 3. The molecule has 2 aliphatic heterocycles. The zero-order valence-corrected chi connectivity index (χ0v) is 15.0. The number of nitrogens with zero attached hydrogens (tertiary/aromatic N) is 2. The number of aryl methyl sites for hydroxylation is 1. The maximum absolute atomic E-state index is 12.9. The van der Waals surface area contributed by atoms with Gasteiger partial charge in [-0.1, -0.05) is 34.1 Å². The maximum Gasteiger partial charge on any atom is 0.299 e. The minimum Gasteiger partial charge on any atom is -0.311 e. The molecule has 0 spiro atoms. The Morgan fingerprint density at radius 3 is 2.72 bits per heavy atom. The third-order valence-electron chi connectivity index (χ3n) is 4.64. The fourth-order valence-electron chi connectivity index (χ4n) is 3.44. The highest BCUT2D eigenvalue weighted by atomic mass is 79.9. The molecule has 0 bridgehead atoms. The molecule has 126 valence electrons. The molecule has 0 aromatic heterocycles. The van der Waals surface area contributed by atoms with E-state index in [0.29, 0.717) is 17.8 Å². The molecule has 0 aliphatic carbocycles. The number of hydrogen-bond donors (Lipinski definition) is 0. The fraction of sp³-hybridized carbons (Fsp3) is 0.211. The van der Waals surface area contributed by atoms with Crippen molar-refractivity contribution >= 4 is 44.9 Å². The quantitative estimate of drug-likeness (QED) is 0.730. The van der Waals surface area contributed by atoms with Gasteiger partial charge < -0.3 is 4.90 Å². The Bertz CT molecular complexity index is 909. The SMILES string of the molecule is O=C1C(=O)N(CC(=O)N2CCCc3ccccc32)c2ccc(Br)cc21. The van der Waals surface area contributed by atoms with Crippen molar-refractivity contribution in [1.82, 2.24) is 0 Å². The second-order valence-corrected chi connectivity index (χ2v) is 7.08. The lowest BCUT2D eigenvalue weighted by molar-refractivity contribution is -0.120. The summed E-state index contributed by atoms with van der Waals surface area (Å²) in [6.45, 7) is 0.493. The van der Waals surface area contributed by atoms with Gasteiger partial charge in [0.1, 0.15) is 6.54 Å². The molecule has 2 amide bonds. The normalized spacial score (nSPS) is 16.0. The minimum atomic E-state index is -0.647. The maximum atomic E-state index is 12.9. The molecule has 2 aromatic rings. The third-order valence-corrected chi connectivity index (χ3v) is 5.13. The molecule has 0 unspecified atom stereocenters. The summed E-state index contributed by atoms with van der Waals surface area (Å²) in [7, 11) is 0. The predicted molar refractivity (Wildman–Crippen MR) is 97.9 cm³/mol. The van der Waals surface area contributed by atoms with Crippen LogP contribution in [0.25, 0.3) is 0 Å². The van der Waals surface area contributed by atoms with Crippen molar-refractivity contribution in [3.8, 4) is 0 Å². The van der Waals surface area contributed by atoms with Crippen LogP contribution in [0.4, 0.5) is 11.4 Å². The van der Waals surface area contributed by atoms with Crippen LogP contribution in [-0.2, 0) is 16.0 Å². The second kappa shape index (κ2) is 6.11. The first-order chi connectivity index (χ1) is 12.1. The number of ketones is 1. The first kappa shape index (κ1) is 16.0. The number of rotatable bonds is 2. The first-order valence-electron chi connectivity index (χ1n) is 8.10. The van der Waals surface area contributed by atoms with E-state index >= 15 is 0 Å². The summed E-state index contributed by atoms with van der Waals surface area (Å²) in [6.07, 6.45) is 1.83. The zero-order valence-electron chi connectivity index (χ0n) is 13.4. The Hall–Kier alpha value is -2.47. The number of carbonyl (C=O) groups excluding carboxylic acids is 3. The number of anilines is 2. The van der Waals surface area contributed by atoms with Crippen LogP contribution in [0.5, 0.6) is 0 Å². The Kier molecular flexibility index (Phi) is 3.92. The second-order valence-electron chi connectivity index (χ2n) is 6.16. The summed E-state index contributed by atoms with van der Waals surface area (Å²) in [5, 5.41) is 0. The van der Waals surface area contributed by atoms with Crippen LogP contribution in [0.1, 0.15) is 22.3 Å². The van der Waals surface area contributed by atoms with Gasteiger partial charge in [-0.3, -0.25) is 19.3 Å². The van der Waals surface area contributed by atoms with Gasteiger partial charge in [-0.05, 0) is 42.7 Å². The number of para-hydroxylation sites is 1. The third kappa shape index (κ3) is 2.66. The van der Waals surface area contributed by atoms with E-state index in [9.17, 15) is 14.4 Å². The molecule has 2 aliphatic rings. The van der Waals surface area contributed by atoms with Crippen molar-refractivity contribution in [3.63, 3.8) is 0 Å². The first-order valence-corrected chi connectivity index (χ1v) is 8.89. The smallest absolute Gasteiger partial charge is 0.299 e. The number of benzene rings is 2. The number of amides is 2. The Labute approximate surface area is 153 Å². The van der Waals surface area contributed by atoms with Gasteiger partial charge in [-0.2, -0.15) is 0 Å². The lowest BCUT2D eigenvalue weighted by atomic mass is 10.0. The van der Waals surface area contributed by atoms with Crippen LogP contribution in [0.2, 0.25) is 0 Å². The van der Waals surface area contributed by atoms with E-state index in [0.717, 1.165) is 28.6 Å². The van der Waals surface area contributed by atoms with E-state index in [1.165, 1.54) is 4.90 Å². The van der Waals surface area contributed by atoms with Crippen LogP contribution in [0.3, 0.4) is 0 Å². The summed E-state index contributed by atoms with van der Waals surface area (Å²) in [6, 6.07) is 12.9. The van der Waals surface area contributed by atoms with E-state index < -0.39 is 11.7 Å². The van der Waals surface area contributed by atoms with E-state index in [1.54, 1.807) is 23.1 Å². The monoisotopic (exact) mass is 398 g/mol. The van der Waals surface area contributed by atoms with E-state index in [-0.39, 0.29) is 12.5 Å². The lowest BCUT2D eigenvalue weighted by Gasteiger charge is -2.30. The fourth-order valence-corrected chi connectivity index (χ4v) is 3.80. The van der Waals surface area contributed by atoms with Crippen LogP contribution < -0.4 is 9.80 Å². The molecule has 0 radical (unpaired) electrons. The molecular formula is C19H15BrN2O3. The minimum absolute atomic E-state index is 0.131. The molecule has 6 heteroatoms. The highest BCUT2D eigenvalue weighted by Gasteiger charge is 2.38. The summed E-state index contributed by atoms with van der Waals surface area (Å²) < 4.78 is 0.727. The number of Topliss-reactive ketones (excluding diaryl/α,β-unsaturated/α-hetero) is 1. The van der Waals surface area contributed by atoms with Crippen molar-refractivity contribution in [2.45, 2.75) is 12.8 Å². The van der Waals surface area contributed by atoms with Gasteiger partial charge >= 0.3 is 0 Å². The Morgan fingerprint density at radius 1 is 1.08 bits per heavy atom. The van der Waals surface area contributed by atoms with E-state index in [4.69, 9.17) is 0 Å². The lowest BCUT2D eigenvalue weighted by Crippen LogP contribution is -2.44. The largest absolute Gasteiger partial charge is 0.311 e. The highest BCUT2D eigenvalue weighted by molar-refractivity contribution is 9.10. The summed E-state index contributed by atoms with van der Waals surface area (Å²) >= 11 is 3.31. The highest BCUT2D eigenvalue weighted by Crippen LogP contribution is 2.32. The van der Waals surface area contributed by atoms with E-state index in [1.807, 2.05) is 24.3 Å². The average molecular weight is 399 g/mol. The van der Waals surface area contributed by atoms with Gasteiger partial charge in [0, 0.05) is 16.7 Å². The van der Waals surface area contributed by atoms with Gasteiger partial charge in [0.05, 0.1) is 11.3 Å². The molecule has 4 rings (SSSR count). The number of fused-ring (bicyclic) bond motifs is 2. The van der Waals surface area contributed by atoms with Crippen molar-refractivity contribution < 1.29 is 14.4 Å². The predicted octanol–water partition coefficient (Wildman–Crippen LogP) is 2.96. The number of carbonyl (C=O) groups is 3. The molecule has 2 aromatic carbocycles. The molecule has 25 heavy (non-hydrogen) atoms. The Balaban J connectivity index is 1.63. The van der Waals surface area contributed by atoms with Crippen LogP contribution in [-0.4, -0.2) is 30.7 Å². The molecule has 0 saturated carbocycles. The van der Waals surface area contributed by atoms with Gasteiger partial charge in [0.2, 0.25) is 5.91 Å². The summed E-state index contributed by atoms with van der Waals surface area (Å²) in [5.74, 6) is -1.39. The van der Waals surface area contributed by atoms with Crippen molar-refractivity contribution in [2.24, 2.45) is 0 Å². The topological polar surface area (TPSA) is 57.7 Å². The van der Waals surface area contributed by atoms with Gasteiger partial charge in [0.15, 0.2) is 0 Å². The summed E-state index contributed by atoms with van der Waals surface area (Å²) in [4.78, 5) is 40.4. The Morgan fingerprint density at radius 2 is 1.88 bits per heavy atom. The molecule has 0 fully saturated rings. The van der Waals surface area contributed by atoms with Crippen molar-refractivity contribution in [2.75, 3.05) is 22.9 Å². The van der Waals surface area contributed by atoms with Crippen molar-refractivity contribution in [1.29, 1.82) is 0 Å². The number of halogens is 1. The zero-order chi connectivity index (χ0) is 17.6. The molecule has 0 N–H and O–H groups in total. The van der Waals surface area contributed by atoms with Gasteiger partial charge in [-0.15, -0.1) is 0 Å². The average Bonchev–Trinajstić information content (AvgIpc) is 2.85. The molecule has 2 heterocycles. The van der Waals surface area contributed by atoms with Crippen LogP contribution >= 0.6 is 15.9 Å². The standard InChI is InChI=1S/C19H15BrN2O3/c20-13-7-8-16-14(10-13)18(24)19(25)22(16)11-17(23)21-9-3-5-12-4-1-2-6-15(12)21/h1-2,4,6-8,10H,3,5,9,11H2. The van der Waals surface area contributed by atoms with Crippen LogP contribution in [0, 0.1) is 0 Å². The molecular weight excluding hydrogens is 384 g/mol. The molecule has 0 atom stereocenters. The molecule has 5 nitrogen and oxygen atoms in total. The summed E-state index contributed by atoms with van der Waals surface area (Å²) in [5.41, 5.74) is 2.87. The van der Waals surface area contributed by atoms with Gasteiger partial charge in [0.25, 0.3) is 11.7 Å². The molecule has 0 saturated heterocycles. The van der Waals surface area contributed by atoms with Gasteiger partial charge in [-0.25, -0.2) is 0 Å².